The number of anilines is 2. The van der Waals surface area contributed by atoms with Crippen LogP contribution in [0.1, 0.15) is 35.4 Å². The summed E-state index contributed by atoms with van der Waals surface area (Å²) in [6.45, 7) is 8.03. The molecule has 0 amide bonds. The van der Waals surface area contributed by atoms with Gasteiger partial charge in [-0.1, -0.05) is 12.1 Å². The number of piperazine rings is 1. The maximum atomic E-state index is 5.19. The van der Waals surface area contributed by atoms with Gasteiger partial charge >= 0.3 is 0 Å². The number of hydrogen-bond acceptors (Lipinski definition) is 7. The monoisotopic (exact) mass is 493 g/mol. The van der Waals surface area contributed by atoms with Gasteiger partial charge in [-0.15, -0.1) is 0 Å². The van der Waals surface area contributed by atoms with Crippen molar-refractivity contribution < 1.29 is 0 Å². The van der Waals surface area contributed by atoms with Crippen molar-refractivity contribution in [2.45, 2.75) is 25.3 Å². The molecule has 6 rings (SSSR count). The van der Waals surface area contributed by atoms with Crippen LogP contribution in [0.3, 0.4) is 0 Å². The Morgan fingerprint density at radius 1 is 1.16 bits per heavy atom. The maximum Gasteiger partial charge on any atom is 0.161 e. The highest BCUT2D eigenvalue weighted by atomic mass is 15.3. The lowest BCUT2D eigenvalue weighted by Gasteiger charge is -2.32. The molecule has 1 aromatic carbocycles. The number of hydrogen-bond donors (Lipinski definition) is 2. The maximum absolute atomic E-state index is 5.19. The van der Waals surface area contributed by atoms with Crippen LogP contribution in [0.5, 0.6) is 0 Å². The van der Waals surface area contributed by atoms with Gasteiger partial charge < -0.3 is 15.5 Å². The van der Waals surface area contributed by atoms with Crippen molar-refractivity contribution in [1.82, 2.24) is 30.0 Å². The minimum absolute atomic E-state index is 0.530. The SMILES string of the molecule is C=Nc1cncc(C2CC2)c1C(=NCc1ccnc(Nc2nn(C)c3ccccc23)c1)N1CCNCC1. The molecule has 9 nitrogen and oxygen atoms in total. The summed E-state index contributed by atoms with van der Waals surface area (Å²) in [5.74, 6) is 3.05. The van der Waals surface area contributed by atoms with E-state index in [4.69, 9.17) is 4.99 Å². The molecule has 2 aliphatic rings. The fraction of sp³-hybridized carbons (Fsp3) is 0.321. The normalized spacial score (nSPS) is 16.2. The minimum atomic E-state index is 0.530. The lowest BCUT2D eigenvalue weighted by molar-refractivity contribution is 0.357. The summed E-state index contributed by atoms with van der Waals surface area (Å²) < 4.78 is 1.88. The van der Waals surface area contributed by atoms with E-state index in [2.05, 4.69) is 54.4 Å². The van der Waals surface area contributed by atoms with Crippen molar-refractivity contribution in [2.75, 3.05) is 31.5 Å². The number of rotatable bonds is 7. The van der Waals surface area contributed by atoms with Crippen molar-refractivity contribution in [1.29, 1.82) is 0 Å². The van der Waals surface area contributed by atoms with E-state index in [1.807, 2.05) is 48.4 Å². The summed E-state index contributed by atoms with van der Waals surface area (Å²) in [6, 6.07) is 12.2. The van der Waals surface area contributed by atoms with E-state index in [-0.39, 0.29) is 0 Å². The van der Waals surface area contributed by atoms with E-state index in [0.717, 1.165) is 71.4 Å². The van der Waals surface area contributed by atoms with E-state index in [1.165, 1.54) is 18.4 Å². The number of nitrogens with one attached hydrogen (secondary N) is 2. The fourth-order valence-corrected chi connectivity index (χ4v) is 4.98. The predicted octanol–water partition coefficient (Wildman–Crippen LogP) is 4.17. The molecule has 0 bridgehead atoms. The topological polar surface area (TPSA) is 95.6 Å². The van der Waals surface area contributed by atoms with Gasteiger partial charge in [0.2, 0.25) is 0 Å². The van der Waals surface area contributed by atoms with Crippen LogP contribution in [0.25, 0.3) is 10.9 Å². The summed E-state index contributed by atoms with van der Waals surface area (Å²) in [4.78, 5) is 20.9. The van der Waals surface area contributed by atoms with Gasteiger partial charge in [-0.05, 0) is 60.9 Å². The van der Waals surface area contributed by atoms with Crippen molar-refractivity contribution in [2.24, 2.45) is 17.0 Å². The van der Waals surface area contributed by atoms with E-state index in [1.54, 1.807) is 6.20 Å². The Balaban J connectivity index is 1.32. The largest absolute Gasteiger partial charge is 0.354 e. The molecule has 188 valence electrons. The first-order valence-electron chi connectivity index (χ1n) is 12.8. The van der Waals surface area contributed by atoms with E-state index >= 15 is 0 Å². The molecule has 1 saturated carbocycles. The number of aliphatic imine (C=N–C) groups is 2. The van der Waals surface area contributed by atoms with Crippen LogP contribution in [0.2, 0.25) is 0 Å². The predicted molar refractivity (Wildman–Crippen MR) is 148 cm³/mol. The summed E-state index contributed by atoms with van der Waals surface area (Å²) >= 11 is 0. The second-order valence-electron chi connectivity index (χ2n) is 9.60. The van der Waals surface area contributed by atoms with Gasteiger partial charge in [0.15, 0.2) is 5.82 Å². The highest BCUT2D eigenvalue weighted by Crippen LogP contribution is 2.43. The number of benzene rings is 1. The van der Waals surface area contributed by atoms with E-state index in [9.17, 15) is 0 Å². The lowest BCUT2D eigenvalue weighted by atomic mass is 10.0. The van der Waals surface area contributed by atoms with Crippen molar-refractivity contribution in [3.8, 4) is 0 Å². The average molecular weight is 494 g/mol. The number of para-hydroxylation sites is 1. The Morgan fingerprint density at radius 2 is 2.00 bits per heavy atom. The first-order valence-corrected chi connectivity index (χ1v) is 12.8. The van der Waals surface area contributed by atoms with Crippen molar-refractivity contribution in [3.05, 3.63) is 71.7 Å². The Hall–Kier alpha value is -4.11. The molecular weight excluding hydrogens is 462 g/mol. The molecule has 37 heavy (non-hydrogen) atoms. The quantitative estimate of drug-likeness (QED) is 0.296. The van der Waals surface area contributed by atoms with Crippen molar-refractivity contribution in [3.63, 3.8) is 0 Å². The second-order valence-corrected chi connectivity index (χ2v) is 9.60. The molecule has 4 heterocycles. The van der Waals surface area contributed by atoms with Gasteiger partial charge in [-0.3, -0.25) is 19.7 Å². The first kappa shape index (κ1) is 23.3. The van der Waals surface area contributed by atoms with E-state index in [0.29, 0.717) is 12.5 Å². The van der Waals surface area contributed by atoms with Crippen LogP contribution in [-0.4, -0.2) is 63.4 Å². The number of nitrogens with zero attached hydrogens (tertiary/aromatic N) is 7. The zero-order chi connectivity index (χ0) is 25.2. The minimum Gasteiger partial charge on any atom is -0.354 e. The summed E-state index contributed by atoms with van der Waals surface area (Å²) in [5, 5.41) is 12.6. The van der Waals surface area contributed by atoms with Gasteiger partial charge in [0.25, 0.3) is 0 Å². The van der Waals surface area contributed by atoms with Gasteiger partial charge in [0.05, 0.1) is 23.9 Å². The van der Waals surface area contributed by atoms with Crippen LogP contribution in [-0.2, 0) is 13.6 Å². The number of aryl methyl sites for hydroxylation is 1. The highest BCUT2D eigenvalue weighted by Gasteiger charge is 2.31. The molecule has 9 heteroatoms. The zero-order valence-corrected chi connectivity index (χ0v) is 21.1. The molecule has 0 unspecified atom stereocenters. The van der Waals surface area contributed by atoms with Crippen LogP contribution >= 0.6 is 0 Å². The molecule has 1 aliphatic heterocycles. The Labute approximate surface area is 216 Å². The summed E-state index contributed by atoms with van der Waals surface area (Å²) in [6.07, 6.45) is 7.99. The Kier molecular flexibility index (Phi) is 6.36. The van der Waals surface area contributed by atoms with Gasteiger partial charge in [-0.2, -0.15) is 5.10 Å². The lowest BCUT2D eigenvalue weighted by Crippen LogP contribution is -2.47. The third-order valence-corrected chi connectivity index (χ3v) is 7.02. The number of pyridine rings is 2. The molecule has 0 spiro atoms. The van der Waals surface area contributed by atoms with Crippen LogP contribution in [0, 0.1) is 0 Å². The standard InChI is InChI=1S/C28H31N9/c1-29-23-18-31-17-22(20-7-8-20)26(23)28(37-13-11-30-12-14-37)33-16-19-9-10-32-25(15-19)34-27-21-5-3-4-6-24(21)36(2)35-27/h3-6,9-10,15,17-18,20,30H,1,7-8,11-14,16H2,2H3,(H,32,34,35). The summed E-state index contributed by atoms with van der Waals surface area (Å²) in [5.41, 5.74) is 5.27. The van der Waals surface area contributed by atoms with Gasteiger partial charge in [0, 0.05) is 56.6 Å². The van der Waals surface area contributed by atoms with Crippen LogP contribution in [0.4, 0.5) is 17.3 Å². The molecule has 0 atom stereocenters. The molecule has 2 N–H and O–H groups in total. The number of fused-ring (bicyclic) bond motifs is 1. The summed E-state index contributed by atoms with van der Waals surface area (Å²) in [7, 11) is 1.95. The Morgan fingerprint density at radius 3 is 2.81 bits per heavy atom. The molecule has 0 radical (unpaired) electrons. The Bertz CT molecular complexity index is 1460. The smallest absolute Gasteiger partial charge is 0.161 e. The second kappa shape index (κ2) is 10.1. The number of amidine groups is 1. The molecule has 3 aromatic heterocycles. The molecule has 1 saturated heterocycles. The van der Waals surface area contributed by atoms with Crippen molar-refractivity contribution >= 4 is 40.8 Å². The fourth-order valence-electron chi connectivity index (χ4n) is 4.98. The molecule has 1 aliphatic carbocycles. The third kappa shape index (κ3) is 4.82. The van der Waals surface area contributed by atoms with Gasteiger partial charge in [-0.25, -0.2) is 4.98 Å². The van der Waals surface area contributed by atoms with Gasteiger partial charge in [0.1, 0.15) is 11.7 Å². The third-order valence-electron chi connectivity index (χ3n) is 7.02. The first-order chi connectivity index (χ1) is 18.2. The molecule has 2 fully saturated rings. The number of aromatic nitrogens is 4. The highest BCUT2D eigenvalue weighted by molar-refractivity contribution is 6.04. The molecular formula is C28H31N9. The molecule has 4 aromatic rings. The van der Waals surface area contributed by atoms with Crippen LogP contribution in [0.15, 0.2) is 65.0 Å². The van der Waals surface area contributed by atoms with Crippen LogP contribution < -0.4 is 10.6 Å². The average Bonchev–Trinajstić information content (AvgIpc) is 3.74. The zero-order valence-electron chi connectivity index (χ0n) is 21.1. The van der Waals surface area contributed by atoms with E-state index < -0.39 is 0 Å².